The predicted molar refractivity (Wildman–Crippen MR) is 64.2 cm³/mol. The van der Waals surface area contributed by atoms with Gasteiger partial charge in [0.2, 0.25) is 0 Å². The van der Waals surface area contributed by atoms with Crippen LogP contribution in [0.1, 0.15) is 5.56 Å². The van der Waals surface area contributed by atoms with E-state index in [4.69, 9.17) is 4.52 Å². The van der Waals surface area contributed by atoms with Crippen molar-refractivity contribution in [2.45, 2.75) is 6.92 Å². The second-order valence-corrected chi connectivity index (χ2v) is 3.89. The molecule has 0 saturated heterocycles. The summed E-state index contributed by atoms with van der Waals surface area (Å²) in [7, 11) is 0. The van der Waals surface area contributed by atoms with Gasteiger partial charge in [-0.25, -0.2) is 0 Å². The van der Waals surface area contributed by atoms with Gasteiger partial charge in [0.05, 0.1) is 0 Å². The van der Waals surface area contributed by atoms with E-state index in [0.717, 1.165) is 22.2 Å². The van der Waals surface area contributed by atoms with Crippen LogP contribution in [0.3, 0.4) is 0 Å². The first-order chi connectivity index (χ1) is 7.84. The van der Waals surface area contributed by atoms with Gasteiger partial charge in [-0.3, -0.25) is 0 Å². The SMILES string of the molecule is Cc1ccc(-c2onc3ccccc23)cc1. The highest BCUT2D eigenvalue weighted by molar-refractivity contribution is 5.91. The van der Waals surface area contributed by atoms with E-state index in [1.54, 1.807) is 0 Å². The van der Waals surface area contributed by atoms with Gasteiger partial charge in [-0.15, -0.1) is 0 Å². The lowest BCUT2D eigenvalue weighted by molar-refractivity contribution is 0.441. The normalized spacial score (nSPS) is 10.8. The Balaban J connectivity index is 2.22. The van der Waals surface area contributed by atoms with Crippen molar-refractivity contribution < 1.29 is 4.52 Å². The molecule has 3 aromatic rings. The number of benzene rings is 2. The Morgan fingerprint density at radius 1 is 0.938 bits per heavy atom. The molecular formula is C14H11NO. The van der Waals surface area contributed by atoms with Crippen molar-refractivity contribution in [3.8, 4) is 11.3 Å². The summed E-state index contributed by atoms with van der Waals surface area (Å²) in [4.78, 5) is 0. The Labute approximate surface area is 93.5 Å². The van der Waals surface area contributed by atoms with Crippen LogP contribution >= 0.6 is 0 Å². The van der Waals surface area contributed by atoms with Gasteiger partial charge in [0, 0.05) is 10.9 Å². The lowest BCUT2D eigenvalue weighted by atomic mass is 10.1. The van der Waals surface area contributed by atoms with E-state index in [9.17, 15) is 0 Å². The molecule has 78 valence electrons. The molecule has 2 nitrogen and oxygen atoms in total. The van der Waals surface area contributed by atoms with Crippen molar-refractivity contribution in [1.29, 1.82) is 0 Å². The Morgan fingerprint density at radius 2 is 1.69 bits per heavy atom. The minimum absolute atomic E-state index is 0.843. The molecule has 1 heterocycles. The fourth-order valence-electron chi connectivity index (χ4n) is 1.80. The topological polar surface area (TPSA) is 26.0 Å². The second kappa shape index (κ2) is 3.49. The van der Waals surface area contributed by atoms with Crippen LogP contribution in [-0.4, -0.2) is 5.16 Å². The summed E-state index contributed by atoms with van der Waals surface area (Å²) in [6, 6.07) is 16.2. The zero-order valence-corrected chi connectivity index (χ0v) is 8.97. The Bertz CT molecular complexity index is 623. The number of fused-ring (bicyclic) bond motifs is 1. The highest BCUT2D eigenvalue weighted by atomic mass is 16.5. The van der Waals surface area contributed by atoms with Gasteiger partial charge in [-0.1, -0.05) is 47.1 Å². The predicted octanol–water partition coefficient (Wildman–Crippen LogP) is 3.80. The lowest BCUT2D eigenvalue weighted by Gasteiger charge is -1.97. The molecule has 0 radical (unpaired) electrons. The van der Waals surface area contributed by atoms with E-state index in [2.05, 4.69) is 36.3 Å². The van der Waals surface area contributed by atoms with Crippen LogP contribution in [0.4, 0.5) is 0 Å². The first kappa shape index (κ1) is 9.16. The van der Waals surface area contributed by atoms with Gasteiger partial charge in [0.25, 0.3) is 0 Å². The van der Waals surface area contributed by atoms with Crippen molar-refractivity contribution in [3.05, 3.63) is 54.1 Å². The van der Waals surface area contributed by atoms with Crippen molar-refractivity contribution in [2.24, 2.45) is 0 Å². The standard InChI is InChI=1S/C14H11NO/c1-10-6-8-11(9-7-10)14-12-4-2-3-5-13(12)15-16-14/h2-9H,1H3. The zero-order chi connectivity index (χ0) is 11.0. The minimum Gasteiger partial charge on any atom is -0.355 e. The summed E-state index contributed by atoms with van der Waals surface area (Å²) in [6.07, 6.45) is 0. The molecule has 0 N–H and O–H groups in total. The van der Waals surface area contributed by atoms with Gasteiger partial charge < -0.3 is 4.52 Å². The smallest absolute Gasteiger partial charge is 0.174 e. The molecule has 0 aliphatic heterocycles. The van der Waals surface area contributed by atoms with Crippen molar-refractivity contribution >= 4 is 10.9 Å². The van der Waals surface area contributed by atoms with Crippen LogP contribution < -0.4 is 0 Å². The van der Waals surface area contributed by atoms with E-state index < -0.39 is 0 Å². The molecule has 0 aliphatic rings. The van der Waals surface area contributed by atoms with Gasteiger partial charge in [0.15, 0.2) is 5.76 Å². The second-order valence-electron chi connectivity index (χ2n) is 3.89. The highest BCUT2D eigenvalue weighted by Gasteiger charge is 2.08. The summed E-state index contributed by atoms with van der Waals surface area (Å²) >= 11 is 0. The Morgan fingerprint density at radius 3 is 2.50 bits per heavy atom. The maximum atomic E-state index is 5.39. The molecule has 0 bridgehead atoms. The van der Waals surface area contributed by atoms with E-state index in [-0.39, 0.29) is 0 Å². The number of aromatic nitrogens is 1. The quantitative estimate of drug-likeness (QED) is 0.609. The number of rotatable bonds is 1. The first-order valence-corrected chi connectivity index (χ1v) is 5.26. The van der Waals surface area contributed by atoms with Crippen molar-refractivity contribution in [2.75, 3.05) is 0 Å². The molecule has 0 amide bonds. The van der Waals surface area contributed by atoms with E-state index in [1.807, 2.05) is 24.3 Å². The third-order valence-corrected chi connectivity index (χ3v) is 2.70. The first-order valence-electron chi connectivity index (χ1n) is 5.26. The average Bonchev–Trinajstić information content (AvgIpc) is 2.74. The summed E-state index contributed by atoms with van der Waals surface area (Å²) in [5.41, 5.74) is 3.21. The lowest BCUT2D eigenvalue weighted by Crippen LogP contribution is -1.76. The van der Waals surface area contributed by atoms with Crippen molar-refractivity contribution in [1.82, 2.24) is 5.16 Å². The number of aryl methyl sites for hydroxylation is 1. The minimum atomic E-state index is 0.843. The summed E-state index contributed by atoms with van der Waals surface area (Å²) < 4.78 is 5.39. The summed E-state index contributed by atoms with van der Waals surface area (Å²) in [6.45, 7) is 2.07. The number of nitrogens with zero attached hydrogens (tertiary/aromatic N) is 1. The largest absolute Gasteiger partial charge is 0.355 e. The third-order valence-electron chi connectivity index (χ3n) is 2.70. The summed E-state index contributed by atoms with van der Waals surface area (Å²) in [5, 5.41) is 5.10. The van der Waals surface area contributed by atoms with Gasteiger partial charge >= 0.3 is 0 Å². The van der Waals surface area contributed by atoms with Crippen LogP contribution in [0.15, 0.2) is 53.1 Å². The maximum Gasteiger partial charge on any atom is 0.174 e. The average molecular weight is 209 g/mol. The molecule has 2 aromatic carbocycles. The zero-order valence-electron chi connectivity index (χ0n) is 8.97. The molecule has 0 spiro atoms. The van der Waals surface area contributed by atoms with Gasteiger partial charge in [0.1, 0.15) is 5.52 Å². The monoisotopic (exact) mass is 209 g/mol. The molecule has 0 unspecified atom stereocenters. The molecule has 0 saturated carbocycles. The molecule has 1 aromatic heterocycles. The van der Waals surface area contributed by atoms with Crippen LogP contribution in [0.5, 0.6) is 0 Å². The Hall–Kier alpha value is -2.09. The fourth-order valence-corrected chi connectivity index (χ4v) is 1.80. The third kappa shape index (κ3) is 1.39. The van der Waals surface area contributed by atoms with E-state index >= 15 is 0 Å². The molecule has 3 rings (SSSR count). The fraction of sp³-hybridized carbons (Fsp3) is 0.0714. The van der Waals surface area contributed by atoms with E-state index in [0.29, 0.717) is 0 Å². The molecule has 0 fully saturated rings. The number of hydrogen-bond acceptors (Lipinski definition) is 2. The maximum absolute atomic E-state index is 5.39. The molecular weight excluding hydrogens is 198 g/mol. The van der Waals surface area contributed by atoms with E-state index in [1.165, 1.54) is 5.56 Å². The molecule has 0 aliphatic carbocycles. The molecule has 16 heavy (non-hydrogen) atoms. The summed E-state index contributed by atoms with van der Waals surface area (Å²) in [5.74, 6) is 0.843. The molecule has 0 atom stereocenters. The number of hydrogen-bond donors (Lipinski definition) is 0. The van der Waals surface area contributed by atoms with Crippen LogP contribution in [0.2, 0.25) is 0 Å². The Kier molecular flexibility index (Phi) is 2.00. The van der Waals surface area contributed by atoms with Crippen LogP contribution in [-0.2, 0) is 0 Å². The van der Waals surface area contributed by atoms with Gasteiger partial charge in [-0.05, 0) is 19.1 Å². The highest BCUT2D eigenvalue weighted by Crippen LogP contribution is 2.28. The van der Waals surface area contributed by atoms with Crippen LogP contribution in [0, 0.1) is 6.92 Å². The van der Waals surface area contributed by atoms with Gasteiger partial charge in [-0.2, -0.15) is 0 Å². The van der Waals surface area contributed by atoms with Crippen molar-refractivity contribution in [3.63, 3.8) is 0 Å². The molecule has 2 heteroatoms. The van der Waals surface area contributed by atoms with Crippen LogP contribution in [0.25, 0.3) is 22.2 Å².